The van der Waals surface area contributed by atoms with Crippen molar-refractivity contribution >= 4 is 22.4 Å². The fraction of sp³-hybridized carbons (Fsp3) is 0.565. The number of hydrogen-bond acceptors (Lipinski definition) is 6. The van der Waals surface area contributed by atoms with Gasteiger partial charge in [-0.1, -0.05) is 20.8 Å². The number of rotatable bonds is 8. The molecule has 1 aromatic carbocycles. The molecule has 2 aromatic rings. The molecule has 0 unspecified atom stereocenters. The summed E-state index contributed by atoms with van der Waals surface area (Å²) in [6.07, 6.45) is 1.43. The summed E-state index contributed by atoms with van der Waals surface area (Å²) >= 11 is 1.53. The molecule has 0 atom stereocenters. The molecule has 6 nitrogen and oxygen atoms in total. The van der Waals surface area contributed by atoms with E-state index in [-0.39, 0.29) is 11.3 Å². The summed E-state index contributed by atoms with van der Waals surface area (Å²) in [7, 11) is 1.66. The highest BCUT2D eigenvalue weighted by Crippen LogP contribution is 2.30. The largest absolute Gasteiger partial charge is 0.497 e. The fourth-order valence-corrected chi connectivity index (χ4v) is 4.31. The predicted molar refractivity (Wildman–Crippen MR) is 122 cm³/mol. The Balaban J connectivity index is 1.71. The number of methoxy groups -OCH3 is 1. The summed E-state index contributed by atoms with van der Waals surface area (Å²) < 4.78 is 10.7. The van der Waals surface area contributed by atoms with Gasteiger partial charge in [0, 0.05) is 43.5 Å². The van der Waals surface area contributed by atoms with Crippen molar-refractivity contribution in [1.29, 1.82) is 0 Å². The second kappa shape index (κ2) is 10.4. The van der Waals surface area contributed by atoms with Gasteiger partial charge in [0.2, 0.25) is 5.91 Å². The summed E-state index contributed by atoms with van der Waals surface area (Å²) in [6.45, 7) is 11.5. The number of benzene rings is 1. The second-order valence-corrected chi connectivity index (χ2v) is 9.67. The molecule has 2 heterocycles. The Bertz CT molecular complexity index is 808. The van der Waals surface area contributed by atoms with Crippen LogP contribution in [0, 0.1) is 5.41 Å². The molecule has 7 heteroatoms. The van der Waals surface area contributed by atoms with E-state index in [2.05, 4.69) is 25.7 Å². The van der Waals surface area contributed by atoms with Crippen LogP contribution in [0.15, 0.2) is 29.6 Å². The maximum atomic E-state index is 13.1. The number of nitrogens with zero attached hydrogens (tertiary/aromatic N) is 3. The molecule has 0 aliphatic carbocycles. The SMILES string of the molecule is COc1ccc(-c2csc(N(CCCN3CCOCC3)C(=O)CC(C)(C)C)n2)cc1. The van der Waals surface area contributed by atoms with Gasteiger partial charge in [-0.2, -0.15) is 0 Å². The third-order valence-electron chi connectivity index (χ3n) is 5.05. The van der Waals surface area contributed by atoms with Crippen LogP contribution in [0.5, 0.6) is 5.75 Å². The van der Waals surface area contributed by atoms with Gasteiger partial charge in [-0.25, -0.2) is 4.98 Å². The molecule has 0 radical (unpaired) electrons. The molecule has 1 fully saturated rings. The molecule has 164 valence electrons. The maximum Gasteiger partial charge on any atom is 0.229 e. The molecular formula is C23H33N3O3S. The van der Waals surface area contributed by atoms with Gasteiger partial charge >= 0.3 is 0 Å². The van der Waals surface area contributed by atoms with Gasteiger partial charge in [0.25, 0.3) is 0 Å². The van der Waals surface area contributed by atoms with Crippen molar-refractivity contribution in [3.63, 3.8) is 0 Å². The van der Waals surface area contributed by atoms with E-state index in [0.29, 0.717) is 13.0 Å². The smallest absolute Gasteiger partial charge is 0.229 e. The molecule has 1 aliphatic rings. The summed E-state index contributed by atoms with van der Waals surface area (Å²) in [5.74, 6) is 0.958. The summed E-state index contributed by atoms with van der Waals surface area (Å²) in [5, 5.41) is 2.80. The molecule has 0 saturated carbocycles. The maximum absolute atomic E-state index is 13.1. The van der Waals surface area contributed by atoms with Gasteiger partial charge in [0.1, 0.15) is 5.75 Å². The number of anilines is 1. The topological polar surface area (TPSA) is 54.9 Å². The lowest BCUT2D eigenvalue weighted by Gasteiger charge is -2.28. The number of ether oxygens (including phenoxy) is 2. The Morgan fingerprint density at radius 2 is 1.93 bits per heavy atom. The minimum Gasteiger partial charge on any atom is -0.497 e. The van der Waals surface area contributed by atoms with E-state index in [9.17, 15) is 4.79 Å². The van der Waals surface area contributed by atoms with Crippen LogP contribution in [0.1, 0.15) is 33.6 Å². The minimum absolute atomic E-state index is 0.0599. The Hall–Kier alpha value is -1.96. The van der Waals surface area contributed by atoms with Crippen LogP contribution in [0.2, 0.25) is 0 Å². The first-order chi connectivity index (χ1) is 14.4. The van der Waals surface area contributed by atoms with Crippen molar-refractivity contribution in [1.82, 2.24) is 9.88 Å². The fourth-order valence-electron chi connectivity index (χ4n) is 3.44. The molecule has 1 aliphatic heterocycles. The molecular weight excluding hydrogens is 398 g/mol. The first-order valence-corrected chi connectivity index (χ1v) is 11.4. The van der Waals surface area contributed by atoms with Crippen LogP contribution in [-0.2, 0) is 9.53 Å². The van der Waals surface area contributed by atoms with E-state index in [1.54, 1.807) is 7.11 Å². The Kier molecular flexibility index (Phi) is 7.86. The quantitative estimate of drug-likeness (QED) is 0.623. The zero-order valence-corrected chi connectivity index (χ0v) is 19.3. The molecule has 30 heavy (non-hydrogen) atoms. The lowest BCUT2D eigenvalue weighted by molar-refractivity contribution is -0.120. The van der Waals surface area contributed by atoms with Crippen LogP contribution in [0.4, 0.5) is 5.13 Å². The molecule has 1 saturated heterocycles. The lowest BCUT2D eigenvalue weighted by atomic mass is 9.91. The standard InChI is InChI=1S/C23H33N3O3S/c1-23(2,3)16-21(27)26(11-5-10-25-12-14-29-15-13-25)22-24-20(17-30-22)18-6-8-19(28-4)9-7-18/h6-9,17H,5,10-16H2,1-4H3. The van der Waals surface area contributed by atoms with E-state index in [1.165, 1.54) is 11.3 Å². The van der Waals surface area contributed by atoms with Crippen molar-refractivity contribution in [3.05, 3.63) is 29.6 Å². The van der Waals surface area contributed by atoms with Crippen molar-refractivity contribution in [2.75, 3.05) is 51.4 Å². The van der Waals surface area contributed by atoms with E-state index in [0.717, 1.165) is 61.4 Å². The third-order valence-corrected chi connectivity index (χ3v) is 5.91. The van der Waals surface area contributed by atoms with Crippen molar-refractivity contribution in [2.24, 2.45) is 5.41 Å². The number of morpholine rings is 1. The summed E-state index contributed by atoms with van der Waals surface area (Å²) in [4.78, 5) is 22.2. The van der Waals surface area contributed by atoms with Crippen LogP contribution in [0.3, 0.4) is 0 Å². The Morgan fingerprint density at radius 1 is 1.23 bits per heavy atom. The molecule has 1 amide bonds. The molecule has 0 N–H and O–H groups in total. The van der Waals surface area contributed by atoms with Crippen molar-refractivity contribution in [2.45, 2.75) is 33.6 Å². The highest BCUT2D eigenvalue weighted by Gasteiger charge is 2.24. The second-order valence-electron chi connectivity index (χ2n) is 8.83. The molecule has 0 bridgehead atoms. The van der Waals surface area contributed by atoms with Crippen LogP contribution in [-0.4, -0.2) is 62.3 Å². The average Bonchev–Trinajstić information content (AvgIpc) is 3.20. The van der Waals surface area contributed by atoms with E-state index in [4.69, 9.17) is 14.5 Å². The van der Waals surface area contributed by atoms with Crippen LogP contribution in [0.25, 0.3) is 11.3 Å². The van der Waals surface area contributed by atoms with Crippen molar-refractivity contribution in [3.8, 4) is 17.0 Å². The number of aromatic nitrogens is 1. The first-order valence-electron chi connectivity index (χ1n) is 10.6. The highest BCUT2D eigenvalue weighted by molar-refractivity contribution is 7.14. The first kappa shape index (κ1) is 22.7. The monoisotopic (exact) mass is 431 g/mol. The van der Waals surface area contributed by atoms with Gasteiger partial charge in [0.15, 0.2) is 5.13 Å². The van der Waals surface area contributed by atoms with Gasteiger partial charge in [-0.05, 0) is 36.1 Å². The van der Waals surface area contributed by atoms with Crippen LogP contribution >= 0.6 is 11.3 Å². The lowest BCUT2D eigenvalue weighted by Crippen LogP contribution is -2.39. The Morgan fingerprint density at radius 3 is 2.57 bits per heavy atom. The predicted octanol–water partition coefficient (Wildman–Crippen LogP) is 4.31. The number of carbonyl (C=O) groups is 1. The molecule has 0 spiro atoms. The number of thiazole rings is 1. The van der Waals surface area contributed by atoms with E-state index >= 15 is 0 Å². The van der Waals surface area contributed by atoms with E-state index in [1.807, 2.05) is 34.5 Å². The number of hydrogen-bond donors (Lipinski definition) is 0. The van der Waals surface area contributed by atoms with Gasteiger partial charge < -0.3 is 9.47 Å². The van der Waals surface area contributed by atoms with Crippen LogP contribution < -0.4 is 9.64 Å². The zero-order chi connectivity index (χ0) is 21.6. The van der Waals surface area contributed by atoms with E-state index < -0.39 is 0 Å². The number of carbonyl (C=O) groups excluding carboxylic acids is 1. The molecule has 3 rings (SSSR count). The Labute approximate surface area is 183 Å². The normalized spacial score (nSPS) is 15.2. The molecule has 1 aromatic heterocycles. The third kappa shape index (κ3) is 6.52. The summed E-state index contributed by atoms with van der Waals surface area (Å²) in [5.41, 5.74) is 1.85. The van der Waals surface area contributed by atoms with Gasteiger partial charge in [0.05, 0.1) is 26.0 Å². The highest BCUT2D eigenvalue weighted by atomic mass is 32.1. The minimum atomic E-state index is -0.0599. The van der Waals surface area contributed by atoms with Gasteiger partial charge in [-0.15, -0.1) is 11.3 Å². The van der Waals surface area contributed by atoms with Gasteiger partial charge in [-0.3, -0.25) is 14.6 Å². The van der Waals surface area contributed by atoms with Crippen molar-refractivity contribution < 1.29 is 14.3 Å². The summed E-state index contributed by atoms with van der Waals surface area (Å²) in [6, 6.07) is 7.85. The zero-order valence-electron chi connectivity index (χ0n) is 18.5. The average molecular weight is 432 g/mol. The number of amides is 1.